The molecule has 1 saturated heterocycles. The Labute approximate surface area is 87.8 Å². The predicted octanol–water partition coefficient (Wildman–Crippen LogP) is 2.13. The summed E-state index contributed by atoms with van der Waals surface area (Å²) < 4.78 is 0. The predicted molar refractivity (Wildman–Crippen MR) is 60.3 cm³/mol. The van der Waals surface area contributed by atoms with Crippen LogP contribution in [-0.2, 0) is 0 Å². The van der Waals surface area contributed by atoms with Crippen LogP contribution >= 0.6 is 0 Å². The van der Waals surface area contributed by atoms with E-state index in [1.807, 2.05) is 0 Å². The van der Waals surface area contributed by atoms with E-state index in [4.69, 9.17) is 5.73 Å². The third-order valence-electron chi connectivity index (χ3n) is 4.30. The fraction of sp³-hybridized carbons (Fsp3) is 1.00. The van der Waals surface area contributed by atoms with Crippen molar-refractivity contribution in [3.63, 3.8) is 0 Å². The Morgan fingerprint density at radius 3 is 2.07 bits per heavy atom. The average molecular weight is 196 g/mol. The minimum Gasteiger partial charge on any atom is -0.326 e. The Balaban J connectivity index is 2.08. The van der Waals surface area contributed by atoms with E-state index in [9.17, 15) is 0 Å². The van der Waals surface area contributed by atoms with Crippen LogP contribution in [-0.4, -0.2) is 29.6 Å². The molecule has 0 amide bonds. The lowest BCUT2D eigenvalue weighted by Crippen LogP contribution is -2.58. The van der Waals surface area contributed by atoms with Gasteiger partial charge in [0.25, 0.3) is 0 Å². The average Bonchev–Trinajstić information content (AvgIpc) is 2.69. The second kappa shape index (κ2) is 4.19. The quantitative estimate of drug-likeness (QED) is 0.733. The van der Waals surface area contributed by atoms with Crippen molar-refractivity contribution in [3.05, 3.63) is 0 Å². The van der Waals surface area contributed by atoms with Gasteiger partial charge in [0.1, 0.15) is 0 Å². The monoisotopic (exact) mass is 196 g/mol. The van der Waals surface area contributed by atoms with Gasteiger partial charge in [-0.15, -0.1) is 0 Å². The summed E-state index contributed by atoms with van der Waals surface area (Å²) in [6.45, 7) is 4.79. The van der Waals surface area contributed by atoms with Crippen molar-refractivity contribution >= 4 is 0 Å². The molecule has 0 radical (unpaired) electrons. The Hall–Kier alpha value is -0.0800. The summed E-state index contributed by atoms with van der Waals surface area (Å²) in [5.41, 5.74) is 6.60. The van der Waals surface area contributed by atoms with Gasteiger partial charge >= 0.3 is 0 Å². The molecule has 0 aromatic heterocycles. The Morgan fingerprint density at radius 2 is 1.57 bits per heavy atom. The third-order valence-corrected chi connectivity index (χ3v) is 4.30. The molecular weight excluding hydrogens is 172 g/mol. The summed E-state index contributed by atoms with van der Waals surface area (Å²) in [5, 5.41) is 0. The van der Waals surface area contributed by atoms with E-state index in [1.54, 1.807) is 0 Å². The normalized spacial score (nSPS) is 30.4. The van der Waals surface area contributed by atoms with Gasteiger partial charge in [-0.2, -0.15) is 0 Å². The topological polar surface area (TPSA) is 29.3 Å². The van der Waals surface area contributed by atoms with Gasteiger partial charge in [-0.1, -0.05) is 19.3 Å². The molecule has 2 aliphatic rings. The minimum absolute atomic E-state index is 0.350. The van der Waals surface area contributed by atoms with Crippen LogP contribution in [0, 0.1) is 0 Å². The molecule has 2 rings (SSSR count). The number of nitrogens with zero attached hydrogens (tertiary/aromatic N) is 1. The van der Waals surface area contributed by atoms with Crippen LogP contribution in [0.4, 0.5) is 0 Å². The number of hydrogen-bond donors (Lipinski definition) is 1. The van der Waals surface area contributed by atoms with Crippen molar-refractivity contribution in [3.8, 4) is 0 Å². The largest absolute Gasteiger partial charge is 0.326 e. The summed E-state index contributed by atoms with van der Waals surface area (Å²) in [5.74, 6) is 0. The summed E-state index contributed by atoms with van der Waals surface area (Å²) in [7, 11) is 0. The van der Waals surface area contributed by atoms with Crippen LogP contribution in [0.5, 0.6) is 0 Å². The molecule has 1 aliphatic carbocycles. The fourth-order valence-electron chi connectivity index (χ4n) is 3.39. The Morgan fingerprint density at radius 1 is 1.00 bits per heavy atom. The van der Waals surface area contributed by atoms with Gasteiger partial charge in [0.2, 0.25) is 0 Å². The Kier molecular flexibility index (Phi) is 3.13. The van der Waals surface area contributed by atoms with Crippen molar-refractivity contribution in [2.75, 3.05) is 13.1 Å². The zero-order chi connectivity index (χ0) is 10.0. The van der Waals surface area contributed by atoms with Crippen LogP contribution in [0.1, 0.15) is 51.9 Å². The van der Waals surface area contributed by atoms with Crippen molar-refractivity contribution in [1.29, 1.82) is 0 Å². The van der Waals surface area contributed by atoms with Crippen molar-refractivity contribution in [2.24, 2.45) is 5.73 Å². The first-order valence-corrected chi connectivity index (χ1v) is 6.26. The molecule has 1 saturated carbocycles. The maximum atomic E-state index is 6.22. The van der Waals surface area contributed by atoms with Crippen LogP contribution in [0.25, 0.3) is 0 Å². The van der Waals surface area contributed by atoms with E-state index < -0.39 is 0 Å². The molecule has 1 atom stereocenters. The summed E-state index contributed by atoms with van der Waals surface area (Å²) in [6.07, 6.45) is 9.64. The summed E-state index contributed by atoms with van der Waals surface area (Å²) in [6, 6.07) is 0.350. The van der Waals surface area contributed by atoms with Gasteiger partial charge in [0.05, 0.1) is 0 Å². The van der Waals surface area contributed by atoms with E-state index in [2.05, 4.69) is 11.8 Å². The standard InChI is InChI=1S/C12H24N2/c1-11(13)12(7-3-4-8-12)14-9-5-2-6-10-14/h11H,2-10,13H2,1H3. The molecule has 82 valence electrons. The van der Waals surface area contributed by atoms with E-state index >= 15 is 0 Å². The number of nitrogens with two attached hydrogens (primary N) is 1. The number of rotatable bonds is 2. The van der Waals surface area contributed by atoms with Crippen molar-refractivity contribution in [1.82, 2.24) is 4.90 Å². The summed E-state index contributed by atoms with van der Waals surface area (Å²) >= 11 is 0. The van der Waals surface area contributed by atoms with Crippen molar-refractivity contribution < 1.29 is 0 Å². The first kappa shape index (κ1) is 10.4. The lowest BCUT2D eigenvalue weighted by atomic mass is 9.86. The van der Waals surface area contributed by atoms with Gasteiger partial charge in [-0.05, 0) is 45.7 Å². The van der Waals surface area contributed by atoms with Crippen LogP contribution in [0.15, 0.2) is 0 Å². The van der Waals surface area contributed by atoms with Crippen LogP contribution in [0.2, 0.25) is 0 Å². The molecule has 2 nitrogen and oxygen atoms in total. The van der Waals surface area contributed by atoms with E-state index in [-0.39, 0.29) is 0 Å². The molecule has 1 heterocycles. The van der Waals surface area contributed by atoms with E-state index in [0.717, 1.165) is 0 Å². The van der Waals surface area contributed by atoms with Gasteiger partial charge in [-0.3, -0.25) is 4.90 Å². The maximum absolute atomic E-state index is 6.22. The van der Waals surface area contributed by atoms with E-state index in [1.165, 1.54) is 58.0 Å². The molecule has 0 aromatic rings. The zero-order valence-electron chi connectivity index (χ0n) is 9.47. The number of piperidine rings is 1. The highest BCUT2D eigenvalue weighted by Gasteiger charge is 2.42. The number of hydrogen-bond acceptors (Lipinski definition) is 2. The molecule has 0 aromatic carbocycles. The second-order valence-electron chi connectivity index (χ2n) is 5.15. The van der Waals surface area contributed by atoms with Crippen LogP contribution in [0.3, 0.4) is 0 Å². The van der Waals surface area contributed by atoms with Crippen LogP contribution < -0.4 is 5.73 Å². The maximum Gasteiger partial charge on any atom is 0.0357 e. The zero-order valence-corrected chi connectivity index (χ0v) is 9.47. The molecule has 14 heavy (non-hydrogen) atoms. The van der Waals surface area contributed by atoms with Gasteiger partial charge < -0.3 is 5.73 Å². The highest BCUT2D eigenvalue weighted by Crippen LogP contribution is 2.38. The molecule has 2 N–H and O–H groups in total. The molecular formula is C12H24N2. The fourth-order valence-corrected chi connectivity index (χ4v) is 3.39. The van der Waals surface area contributed by atoms with Crippen molar-refractivity contribution in [2.45, 2.75) is 63.5 Å². The molecule has 2 heteroatoms. The first-order valence-electron chi connectivity index (χ1n) is 6.26. The third kappa shape index (κ3) is 1.70. The number of likely N-dealkylation sites (tertiary alicyclic amines) is 1. The molecule has 1 aliphatic heterocycles. The molecule has 0 bridgehead atoms. The molecule has 0 spiro atoms. The van der Waals surface area contributed by atoms with Gasteiger partial charge in [0.15, 0.2) is 0 Å². The lowest BCUT2D eigenvalue weighted by Gasteiger charge is -2.46. The SMILES string of the molecule is CC(N)C1(N2CCCCC2)CCCC1. The highest BCUT2D eigenvalue weighted by atomic mass is 15.2. The van der Waals surface area contributed by atoms with E-state index in [0.29, 0.717) is 11.6 Å². The minimum atomic E-state index is 0.350. The highest BCUT2D eigenvalue weighted by molar-refractivity contribution is 5.01. The summed E-state index contributed by atoms with van der Waals surface area (Å²) in [4.78, 5) is 2.70. The Bertz CT molecular complexity index is 177. The smallest absolute Gasteiger partial charge is 0.0357 e. The lowest BCUT2D eigenvalue weighted by molar-refractivity contribution is 0.0530. The molecule has 1 unspecified atom stereocenters. The second-order valence-corrected chi connectivity index (χ2v) is 5.15. The van der Waals surface area contributed by atoms with Gasteiger partial charge in [-0.25, -0.2) is 0 Å². The van der Waals surface area contributed by atoms with Gasteiger partial charge in [0, 0.05) is 11.6 Å². The first-order chi connectivity index (χ1) is 6.76. The molecule has 2 fully saturated rings.